The lowest BCUT2D eigenvalue weighted by atomic mass is 10.4. The van der Waals surface area contributed by atoms with E-state index in [1.165, 1.54) is 0 Å². The van der Waals surface area contributed by atoms with Gasteiger partial charge < -0.3 is 20.4 Å². The molecule has 2 aromatic heterocycles. The van der Waals surface area contributed by atoms with E-state index in [1.807, 2.05) is 43.1 Å². The van der Waals surface area contributed by atoms with E-state index in [-0.39, 0.29) is 5.75 Å². The zero-order valence-electron chi connectivity index (χ0n) is 8.52. The molecule has 0 saturated carbocycles. The Morgan fingerprint density at radius 1 is 1.43 bits per heavy atom. The number of aromatic hydroxyl groups is 1. The van der Waals surface area contributed by atoms with Gasteiger partial charge in [-0.2, -0.15) is 0 Å². The van der Waals surface area contributed by atoms with E-state index in [4.69, 9.17) is 5.73 Å². The van der Waals surface area contributed by atoms with Crippen LogP contribution in [0.25, 0.3) is 11.0 Å². The molecule has 14 heavy (non-hydrogen) atoms. The van der Waals surface area contributed by atoms with E-state index in [1.54, 1.807) is 4.57 Å². The summed E-state index contributed by atoms with van der Waals surface area (Å²) in [6, 6.07) is 1.85. The van der Waals surface area contributed by atoms with Gasteiger partial charge in [-0.05, 0) is 6.07 Å². The second kappa shape index (κ2) is 2.60. The van der Waals surface area contributed by atoms with Crippen molar-refractivity contribution < 1.29 is 5.11 Å². The van der Waals surface area contributed by atoms with Crippen molar-refractivity contribution in [1.82, 2.24) is 9.24 Å². The van der Waals surface area contributed by atoms with Crippen LogP contribution in [0.3, 0.4) is 0 Å². The first-order chi connectivity index (χ1) is 6.54. The largest absolute Gasteiger partial charge is 0.504 e. The Morgan fingerprint density at radius 2 is 2.07 bits per heavy atom. The number of anilines is 1. The van der Waals surface area contributed by atoms with Gasteiger partial charge in [-0.3, -0.25) is 0 Å². The molecule has 0 unspecified atom stereocenters. The summed E-state index contributed by atoms with van der Waals surface area (Å²) in [6.07, 6.45) is 1.89. The highest BCUT2D eigenvalue weighted by atomic mass is 16.3. The van der Waals surface area contributed by atoms with Gasteiger partial charge in [0.25, 0.3) is 0 Å². The number of nitrogen functional groups attached to an aromatic ring is 1. The maximum atomic E-state index is 9.70. The Labute approximate surface area is 81.9 Å². The fourth-order valence-electron chi connectivity index (χ4n) is 1.67. The molecule has 76 valence electrons. The quantitative estimate of drug-likeness (QED) is 0.693. The number of aromatic nitrogens is 2. The fraction of sp³-hybridized carbons (Fsp3) is 0.333. The third kappa shape index (κ3) is 0.891. The third-order valence-corrected chi connectivity index (χ3v) is 2.45. The molecule has 0 fully saturated rings. The van der Waals surface area contributed by atoms with Gasteiger partial charge in [0.05, 0.1) is 5.39 Å². The van der Waals surface area contributed by atoms with Crippen molar-refractivity contribution in [3.8, 4) is 5.75 Å². The zero-order chi connectivity index (χ0) is 10.5. The average molecular weight is 194 g/mol. The van der Waals surface area contributed by atoms with Crippen LogP contribution in [-0.4, -0.2) is 28.4 Å². The van der Waals surface area contributed by atoms with Crippen LogP contribution >= 0.6 is 0 Å². The first kappa shape index (κ1) is 8.80. The number of rotatable bonds is 1. The molecule has 5 nitrogen and oxygen atoms in total. The molecule has 2 rings (SSSR count). The molecular formula is C9H14N4O. The Morgan fingerprint density at radius 3 is 2.64 bits per heavy atom. The van der Waals surface area contributed by atoms with Gasteiger partial charge in [-0.15, -0.1) is 0 Å². The van der Waals surface area contributed by atoms with Crippen LogP contribution in [0, 0.1) is 0 Å². The lowest BCUT2D eigenvalue weighted by molar-refractivity contribution is 0.483. The predicted molar refractivity (Wildman–Crippen MR) is 57.1 cm³/mol. The maximum Gasteiger partial charge on any atom is 0.167 e. The van der Waals surface area contributed by atoms with E-state index in [0.29, 0.717) is 5.82 Å². The Bertz CT molecular complexity index is 480. The SMILES string of the molecule is CN(C)n1ccc2c(O)c(N)n(C)c21. The molecule has 5 heteroatoms. The number of aryl methyl sites for hydroxylation is 1. The van der Waals surface area contributed by atoms with Crippen LogP contribution in [0.15, 0.2) is 12.3 Å². The smallest absolute Gasteiger partial charge is 0.167 e. The van der Waals surface area contributed by atoms with Gasteiger partial charge in [-0.25, -0.2) is 4.68 Å². The first-order valence-corrected chi connectivity index (χ1v) is 4.35. The highest BCUT2D eigenvalue weighted by molar-refractivity contribution is 5.91. The molecule has 0 aromatic carbocycles. The van der Waals surface area contributed by atoms with E-state index in [2.05, 4.69) is 0 Å². The molecule has 0 aliphatic carbocycles. The Kier molecular flexibility index (Phi) is 1.64. The summed E-state index contributed by atoms with van der Waals surface area (Å²) in [5.74, 6) is 0.550. The summed E-state index contributed by atoms with van der Waals surface area (Å²) < 4.78 is 3.69. The van der Waals surface area contributed by atoms with E-state index in [9.17, 15) is 5.11 Å². The lowest BCUT2D eigenvalue weighted by Gasteiger charge is -2.15. The molecule has 0 atom stereocenters. The summed E-state index contributed by atoms with van der Waals surface area (Å²) in [4.78, 5) is 0. The molecule has 0 aliphatic heterocycles. The molecule has 0 amide bonds. The first-order valence-electron chi connectivity index (χ1n) is 4.35. The molecule has 0 bridgehead atoms. The Hall–Kier alpha value is -1.78. The fourth-order valence-corrected chi connectivity index (χ4v) is 1.67. The zero-order valence-corrected chi connectivity index (χ0v) is 8.52. The number of fused-ring (bicyclic) bond motifs is 1. The van der Waals surface area contributed by atoms with Gasteiger partial charge in [0, 0.05) is 27.3 Å². The van der Waals surface area contributed by atoms with Crippen LogP contribution in [0.1, 0.15) is 0 Å². The molecule has 2 aromatic rings. The van der Waals surface area contributed by atoms with Crippen LogP contribution in [0.2, 0.25) is 0 Å². The van der Waals surface area contributed by atoms with Crippen molar-refractivity contribution in [3.05, 3.63) is 12.3 Å². The molecular weight excluding hydrogens is 180 g/mol. The topological polar surface area (TPSA) is 59.4 Å². The minimum absolute atomic E-state index is 0.156. The molecule has 0 radical (unpaired) electrons. The summed E-state index contributed by atoms with van der Waals surface area (Å²) in [7, 11) is 5.69. The minimum Gasteiger partial charge on any atom is -0.504 e. The number of nitrogens with two attached hydrogens (primary N) is 1. The van der Waals surface area contributed by atoms with Crippen LogP contribution in [-0.2, 0) is 7.05 Å². The second-order valence-electron chi connectivity index (χ2n) is 3.54. The van der Waals surface area contributed by atoms with Gasteiger partial charge in [0.1, 0.15) is 11.5 Å². The average Bonchev–Trinajstić information content (AvgIpc) is 2.64. The predicted octanol–water partition coefficient (Wildman–Crippen LogP) is 0.465. The Balaban J connectivity index is 2.85. The van der Waals surface area contributed by atoms with Gasteiger partial charge in [-0.1, -0.05) is 0 Å². The monoisotopic (exact) mass is 194 g/mol. The minimum atomic E-state index is 0.156. The van der Waals surface area contributed by atoms with Crippen molar-refractivity contribution in [3.63, 3.8) is 0 Å². The molecule has 3 N–H and O–H groups in total. The third-order valence-electron chi connectivity index (χ3n) is 2.45. The molecule has 0 saturated heterocycles. The highest BCUT2D eigenvalue weighted by Crippen LogP contribution is 2.33. The van der Waals surface area contributed by atoms with Crippen molar-refractivity contribution in [2.24, 2.45) is 7.05 Å². The summed E-state index contributed by atoms with van der Waals surface area (Å²) in [5, 5.41) is 12.4. The molecule has 0 aliphatic rings. The van der Waals surface area contributed by atoms with Gasteiger partial charge >= 0.3 is 0 Å². The second-order valence-corrected chi connectivity index (χ2v) is 3.54. The number of hydrogen-bond donors (Lipinski definition) is 2. The molecule has 2 heterocycles. The van der Waals surface area contributed by atoms with Crippen LogP contribution < -0.4 is 10.7 Å². The van der Waals surface area contributed by atoms with Gasteiger partial charge in [0.15, 0.2) is 5.75 Å². The van der Waals surface area contributed by atoms with Crippen molar-refractivity contribution in [2.45, 2.75) is 0 Å². The summed E-state index contributed by atoms with van der Waals surface area (Å²) >= 11 is 0. The standard InChI is InChI=1S/C9H14N4O/c1-11(2)13-5-4-6-7(14)8(10)12(3)9(6)13/h4-5,14H,10H2,1-3H3. The highest BCUT2D eigenvalue weighted by Gasteiger charge is 2.15. The maximum absolute atomic E-state index is 9.70. The number of hydrogen-bond acceptors (Lipinski definition) is 3. The summed E-state index contributed by atoms with van der Waals surface area (Å²) in [6.45, 7) is 0. The normalized spacial score (nSPS) is 11.1. The van der Waals surface area contributed by atoms with E-state index in [0.717, 1.165) is 11.0 Å². The van der Waals surface area contributed by atoms with E-state index < -0.39 is 0 Å². The summed E-state index contributed by atoms with van der Waals surface area (Å²) in [5.41, 5.74) is 6.60. The van der Waals surface area contributed by atoms with Crippen molar-refractivity contribution in [2.75, 3.05) is 24.8 Å². The van der Waals surface area contributed by atoms with E-state index >= 15 is 0 Å². The van der Waals surface area contributed by atoms with Crippen molar-refractivity contribution in [1.29, 1.82) is 0 Å². The molecule has 0 spiro atoms. The number of nitrogens with zero attached hydrogens (tertiary/aromatic N) is 3. The van der Waals surface area contributed by atoms with Crippen LogP contribution in [0.4, 0.5) is 5.82 Å². The van der Waals surface area contributed by atoms with Crippen molar-refractivity contribution >= 4 is 16.9 Å². The van der Waals surface area contributed by atoms with Crippen LogP contribution in [0.5, 0.6) is 5.75 Å². The lowest BCUT2D eigenvalue weighted by Crippen LogP contribution is -2.24. The van der Waals surface area contributed by atoms with Gasteiger partial charge in [0.2, 0.25) is 0 Å².